The maximum Gasteiger partial charge on any atom is 0.274 e. The van der Waals surface area contributed by atoms with Crippen molar-refractivity contribution in [2.45, 2.75) is 0 Å². The summed E-state index contributed by atoms with van der Waals surface area (Å²) in [5.41, 5.74) is 0.581. The van der Waals surface area contributed by atoms with Crippen LogP contribution in [0.5, 0.6) is 0 Å². The highest BCUT2D eigenvalue weighted by Crippen LogP contribution is 2.20. The third-order valence-electron chi connectivity index (χ3n) is 2.40. The molecule has 0 radical (unpaired) electrons. The van der Waals surface area contributed by atoms with Crippen LogP contribution in [-0.4, -0.2) is 14.4 Å². The second-order valence-corrected chi connectivity index (χ2v) is 3.82. The van der Waals surface area contributed by atoms with E-state index in [4.69, 9.17) is 11.6 Å². The van der Waals surface area contributed by atoms with Gasteiger partial charge in [-0.1, -0.05) is 11.6 Å². The number of halogens is 2. The van der Waals surface area contributed by atoms with E-state index < -0.39 is 5.82 Å². The highest BCUT2D eigenvalue weighted by Gasteiger charge is 2.09. The molecule has 0 atom stereocenters. The van der Waals surface area contributed by atoms with Gasteiger partial charge >= 0.3 is 0 Å². The number of fused-ring (bicyclic) bond motifs is 3. The third-order valence-corrected chi connectivity index (χ3v) is 2.62. The summed E-state index contributed by atoms with van der Waals surface area (Å²) in [5, 5.41) is 0.270. The van der Waals surface area contributed by atoms with Gasteiger partial charge in [0.05, 0.1) is 18.0 Å². The molecule has 0 aliphatic rings. The largest absolute Gasteiger partial charge is 0.316 e. The lowest BCUT2D eigenvalue weighted by molar-refractivity contribution is 0.636. The summed E-state index contributed by atoms with van der Waals surface area (Å²) in [6.07, 6.45) is 2.86. The summed E-state index contributed by atoms with van der Waals surface area (Å²) < 4.78 is 15.1. The third kappa shape index (κ3) is 1.15. The van der Waals surface area contributed by atoms with Crippen molar-refractivity contribution in [3.63, 3.8) is 0 Å². The first kappa shape index (κ1) is 9.35. The number of rotatable bonds is 0. The van der Waals surface area contributed by atoms with E-state index in [0.717, 1.165) is 6.07 Å². The van der Waals surface area contributed by atoms with Crippen LogP contribution < -0.4 is 5.56 Å². The molecule has 2 heterocycles. The lowest BCUT2D eigenvalue weighted by Crippen LogP contribution is -2.10. The van der Waals surface area contributed by atoms with Crippen molar-refractivity contribution >= 4 is 28.2 Å². The lowest BCUT2D eigenvalue weighted by Gasteiger charge is -2.03. The average Bonchev–Trinajstić information content (AvgIpc) is 2.69. The van der Waals surface area contributed by atoms with Gasteiger partial charge in [-0.15, -0.1) is 0 Å². The molecular formula is C10H5ClFN3O. The predicted molar refractivity (Wildman–Crippen MR) is 58.3 cm³/mol. The zero-order valence-corrected chi connectivity index (χ0v) is 8.62. The molecule has 1 N–H and O–H groups in total. The van der Waals surface area contributed by atoms with E-state index in [1.165, 1.54) is 16.9 Å². The Bertz CT molecular complexity index is 762. The Labute approximate surface area is 93.3 Å². The normalized spacial score (nSPS) is 11.4. The van der Waals surface area contributed by atoms with Gasteiger partial charge in [-0.2, -0.15) is 0 Å². The van der Waals surface area contributed by atoms with Crippen LogP contribution >= 0.6 is 11.6 Å². The Morgan fingerprint density at radius 3 is 3.00 bits per heavy atom. The van der Waals surface area contributed by atoms with Gasteiger partial charge in [-0.3, -0.25) is 9.20 Å². The van der Waals surface area contributed by atoms with E-state index >= 15 is 0 Å². The van der Waals surface area contributed by atoms with E-state index in [2.05, 4.69) is 9.97 Å². The van der Waals surface area contributed by atoms with E-state index in [0.29, 0.717) is 11.0 Å². The molecule has 0 amide bonds. The van der Waals surface area contributed by atoms with Crippen molar-refractivity contribution in [2.75, 3.05) is 0 Å². The van der Waals surface area contributed by atoms with Crippen LogP contribution in [-0.2, 0) is 0 Å². The summed E-state index contributed by atoms with van der Waals surface area (Å²) >= 11 is 5.77. The van der Waals surface area contributed by atoms with Crippen molar-refractivity contribution in [3.8, 4) is 0 Å². The maximum absolute atomic E-state index is 13.6. The van der Waals surface area contributed by atoms with Crippen LogP contribution in [0.1, 0.15) is 0 Å². The number of benzene rings is 1. The molecular weight excluding hydrogens is 233 g/mol. The predicted octanol–water partition coefficient (Wildman–Crippen LogP) is 1.97. The summed E-state index contributed by atoms with van der Waals surface area (Å²) in [4.78, 5) is 17.9. The number of aromatic nitrogens is 3. The number of H-pyrrole nitrogens is 1. The molecule has 3 aromatic rings. The van der Waals surface area contributed by atoms with Gasteiger partial charge in [0.2, 0.25) is 0 Å². The van der Waals surface area contributed by atoms with Gasteiger partial charge in [0.25, 0.3) is 5.56 Å². The quantitative estimate of drug-likeness (QED) is 0.650. The SMILES string of the molecule is O=c1[nH]c2c(F)cc(Cl)cc2n2cncc12. The Morgan fingerprint density at radius 1 is 1.38 bits per heavy atom. The van der Waals surface area contributed by atoms with Crippen molar-refractivity contribution in [1.29, 1.82) is 0 Å². The molecule has 0 bridgehead atoms. The summed E-state index contributed by atoms with van der Waals surface area (Å²) in [5.74, 6) is -0.560. The zero-order valence-electron chi connectivity index (χ0n) is 7.87. The standard InChI is InChI=1S/C10H5ClFN3O/c11-5-1-6(12)9-7(2-5)15-4-13-3-8(15)10(16)14-9/h1-4H,(H,14,16). The number of aromatic amines is 1. The van der Waals surface area contributed by atoms with Crippen molar-refractivity contribution in [1.82, 2.24) is 14.4 Å². The minimum Gasteiger partial charge on any atom is -0.316 e. The Hall–Kier alpha value is -1.88. The van der Waals surface area contributed by atoms with Gasteiger partial charge in [0.1, 0.15) is 16.9 Å². The van der Waals surface area contributed by atoms with Crippen molar-refractivity contribution in [2.24, 2.45) is 0 Å². The molecule has 0 aliphatic carbocycles. The molecule has 0 spiro atoms. The fraction of sp³-hybridized carbons (Fsp3) is 0. The average molecular weight is 238 g/mol. The fourth-order valence-corrected chi connectivity index (χ4v) is 1.91. The molecule has 0 saturated heterocycles. The molecule has 0 unspecified atom stereocenters. The minimum absolute atomic E-state index is 0.125. The van der Waals surface area contributed by atoms with Gasteiger partial charge in [0, 0.05) is 5.02 Å². The highest BCUT2D eigenvalue weighted by atomic mass is 35.5. The first-order chi connectivity index (χ1) is 7.66. The molecule has 0 aliphatic heterocycles. The van der Waals surface area contributed by atoms with Crippen LogP contribution in [0.2, 0.25) is 5.02 Å². The highest BCUT2D eigenvalue weighted by molar-refractivity contribution is 6.31. The topological polar surface area (TPSA) is 50.2 Å². The van der Waals surface area contributed by atoms with E-state index in [9.17, 15) is 9.18 Å². The maximum atomic E-state index is 13.6. The molecule has 6 heteroatoms. The monoisotopic (exact) mass is 237 g/mol. The number of imidazole rings is 1. The molecule has 1 aromatic carbocycles. The number of hydrogen-bond acceptors (Lipinski definition) is 2. The molecule has 0 fully saturated rings. The van der Waals surface area contributed by atoms with Crippen LogP contribution in [0.4, 0.5) is 4.39 Å². The van der Waals surface area contributed by atoms with Crippen LogP contribution in [0.15, 0.2) is 29.5 Å². The number of hydrogen-bond donors (Lipinski definition) is 1. The second kappa shape index (κ2) is 3.05. The van der Waals surface area contributed by atoms with Crippen LogP contribution in [0.25, 0.3) is 16.6 Å². The molecule has 16 heavy (non-hydrogen) atoms. The summed E-state index contributed by atoms with van der Waals surface area (Å²) in [7, 11) is 0. The molecule has 80 valence electrons. The smallest absolute Gasteiger partial charge is 0.274 e. The first-order valence-corrected chi connectivity index (χ1v) is 4.88. The van der Waals surface area contributed by atoms with Gasteiger partial charge in [-0.05, 0) is 12.1 Å². The van der Waals surface area contributed by atoms with Crippen LogP contribution in [0.3, 0.4) is 0 Å². The van der Waals surface area contributed by atoms with Crippen molar-refractivity contribution in [3.05, 3.63) is 45.9 Å². The Kier molecular flexibility index (Phi) is 1.79. The number of nitrogens with one attached hydrogen (secondary N) is 1. The van der Waals surface area contributed by atoms with Crippen molar-refractivity contribution < 1.29 is 4.39 Å². The molecule has 4 nitrogen and oxygen atoms in total. The zero-order chi connectivity index (χ0) is 11.3. The second-order valence-electron chi connectivity index (χ2n) is 3.38. The Morgan fingerprint density at radius 2 is 2.19 bits per heavy atom. The van der Waals surface area contributed by atoms with E-state index in [1.54, 1.807) is 6.07 Å². The van der Waals surface area contributed by atoms with E-state index in [1.807, 2.05) is 0 Å². The minimum atomic E-state index is -0.560. The molecule has 3 rings (SSSR count). The first-order valence-electron chi connectivity index (χ1n) is 4.50. The molecule has 0 saturated carbocycles. The van der Waals surface area contributed by atoms with Gasteiger partial charge in [-0.25, -0.2) is 9.37 Å². The summed E-state index contributed by atoms with van der Waals surface area (Å²) in [6.45, 7) is 0. The lowest BCUT2D eigenvalue weighted by atomic mass is 10.3. The van der Waals surface area contributed by atoms with Gasteiger partial charge < -0.3 is 4.98 Å². The van der Waals surface area contributed by atoms with Gasteiger partial charge in [0.15, 0.2) is 0 Å². The van der Waals surface area contributed by atoms with Crippen LogP contribution in [0, 0.1) is 5.82 Å². The molecule has 2 aromatic heterocycles. The van der Waals surface area contributed by atoms with E-state index in [-0.39, 0.29) is 16.1 Å². The number of nitrogens with zero attached hydrogens (tertiary/aromatic N) is 2. The Balaban J connectivity index is 2.69. The fourth-order valence-electron chi connectivity index (χ4n) is 1.71. The summed E-state index contributed by atoms with van der Waals surface area (Å²) in [6, 6.07) is 2.73.